The van der Waals surface area contributed by atoms with Crippen molar-refractivity contribution in [1.29, 1.82) is 0 Å². The molecule has 88 valence electrons. The molecule has 1 aliphatic rings. The molecule has 4 nitrogen and oxygen atoms in total. The number of hydrogen-bond acceptors (Lipinski definition) is 4. The second-order valence-electron chi connectivity index (χ2n) is 4.07. The Morgan fingerprint density at radius 2 is 2.19 bits per heavy atom. The van der Waals surface area contributed by atoms with E-state index in [9.17, 15) is 8.42 Å². The first-order valence-electron chi connectivity index (χ1n) is 5.19. The van der Waals surface area contributed by atoms with E-state index in [1.807, 2.05) is 6.92 Å². The van der Waals surface area contributed by atoms with Gasteiger partial charge in [-0.2, -0.15) is 0 Å². The van der Waals surface area contributed by atoms with E-state index in [2.05, 4.69) is 0 Å². The molecule has 5 heteroatoms. The monoisotopic (exact) mass is 241 g/mol. The number of aryl methyl sites for hydroxylation is 1. The number of anilines is 1. The average molecular weight is 241 g/mol. The topological polar surface area (TPSA) is 69.4 Å². The number of benzene rings is 1. The van der Waals surface area contributed by atoms with Crippen molar-refractivity contribution >= 4 is 15.5 Å². The third kappa shape index (κ3) is 1.92. The van der Waals surface area contributed by atoms with Crippen LogP contribution in [0.15, 0.2) is 23.1 Å². The number of sulfone groups is 1. The van der Waals surface area contributed by atoms with Gasteiger partial charge < -0.3 is 10.5 Å². The molecule has 1 saturated heterocycles. The van der Waals surface area contributed by atoms with Gasteiger partial charge in [0.2, 0.25) is 0 Å². The zero-order valence-electron chi connectivity index (χ0n) is 9.14. The van der Waals surface area contributed by atoms with Crippen molar-refractivity contribution < 1.29 is 13.2 Å². The van der Waals surface area contributed by atoms with Crippen molar-refractivity contribution in [3.05, 3.63) is 23.8 Å². The van der Waals surface area contributed by atoms with E-state index < -0.39 is 15.1 Å². The third-order valence-corrected chi connectivity index (χ3v) is 5.02. The largest absolute Gasteiger partial charge is 0.398 e. The van der Waals surface area contributed by atoms with Crippen LogP contribution in [0.4, 0.5) is 5.69 Å². The molecule has 1 atom stereocenters. The molecule has 0 aliphatic carbocycles. The Bertz CT molecular complexity index is 490. The summed E-state index contributed by atoms with van der Waals surface area (Å²) in [6.07, 6.45) is 0.551. The van der Waals surface area contributed by atoms with Gasteiger partial charge in [-0.15, -0.1) is 0 Å². The van der Waals surface area contributed by atoms with E-state index in [1.165, 1.54) is 0 Å². The molecule has 0 amide bonds. The fraction of sp³-hybridized carbons (Fsp3) is 0.455. The minimum absolute atomic E-state index is 0.239. The summed E-state index contributed by atoms with van der Waals surface area (Å²) in [6, 6.07) is 5.07. The van der Waals surface area contributed by atoms with Crippen molar-refractivity contribution in [2.24, 2.45) is 0 Å². The molecule has 1 aromatic rings. The van der Waals surface area contributed by atoms with Gasteiger partial charge in [0.25, 0.3) is 0 Å². The van der Waals surface area contributed by atoms with Gasteiger partial charge in [-0.1, -0.05) is 6.07 Å². The molecule has 1 aliphatic heterocycles. The molecule has 0 aromatic heterocycles. The number of nitrogen functional groups attached to an aromatic ring is 1. The maximum atomic E-state index is 12.2. The van der Waals surface area contributed by atoms with Crippen LogP contribution in [0.1, 0.15) is 12.0 Å². The second kappa shape index (κ2) is 4.07. The Morgan fingerprint density at radius 1 is 1.44 bits per heavy atom. The van der Waals surface area contributed by atoms with Crippen molar-refractivity contribution in [2.45, 2.75) is 23.5 Å². The van der Waals surface area contributed by atoms with Crippen LogP contribution >= 0.6 is 0 Å². The molecule has 0 bridgehead atoms. The Hall–Kier alpha value is -1.07. The molecular formula is C11H15NO3S. The van der Waals surface area contributed by atoms with Crippen molar-refractivity contribution in [1.82, 2.24) is 0 Å². The lowest BCUT2D eigenvalue weighted by molar-refractivity contribution is 0.198. The summed E-state index contributed by atoms with van der Waals surface area (Å²) in [5.74, 6) is 0. The smallest absolute Gasteiger partial charge is 0.185 e. The minimum atomic E-state index is -3.34. The van der Waals surface area contributed by atoms with Crippen LogP contribution in [-0.2, 0) is 14.6 Å². The lowest BCUT2D eigenvalue weighted by Crippen LogP contribution is -2.22. The molecule has 1 unspecified atom stereocenters. The Labute approximate surface area is 95.3 Å². The average Bonchev–Trinajstić information content (AvgIpc) is 2.75. The van der Waals surface area contributed by atoms with Gasteiger partial charge in [0.1, 0.15) is 0 Å². The fourth-order valence-electron chi connectivity index (χ4n) is 1.83. The van der Waals surface area contributed by atoms with Gasteiger partial charge in [0.05, 0.1) is 22.4 Å². The zero-order valence-corrected chi connectivity index (χ0v) is 9.96. The molecule has 0 spiro atoms. The molecule has 1 aromatic carbocycles. The third-order valence-electron chi connectivity index (χ3n) is 2.80. The summed E-state index contributed by atoms with van der Waals surface area (Å²) in [6.45, 7) is 2.63. The molecule has 1 heterocycles. The van der Waals surface area contributed by atoms with E-state index in [-0.39, 0.29) is 11.5 Å². The first kappa shape index (κ1) is 11.4. The van der Waals surface area contributed by atoms with Crippen molar-refractivity contribution in [2.75, 3.05) is 18.9 Å². The molecule has 1 fully saturated rings. The second-order valence-corrected chi connectivity index (χ2v) is 6.27. The molecule has 2 rings (SSSR count). The highest BCUT2D eigenvalue weighted by Gasteiger charge is 2.32. The zero-order chi connectivity index (χ0) is 11.8. The quantitative estimate of drug-likeness (QED) is 0.788. The first-order chi connectivity index (χ1) is 7.51. The lowest BCUT2D eigenvalue weighted by atomic mass is 10.2. The number of ether oxygens (including phenoxy) is 1. The lowest BCUT2D eigenvalue weighted by Gasteiger charge is -2.12. The van der Waals surface area contributed by atoms with Crippen LogP contribution in [0.2, 0.25) is 0 Å². The van der Waals surface area contributed by atoms with Crippen LogP contribution in [0, 0.1) is 6.92 Å². The summed E-state index contributed by atoms with van der Waals surface area (Å²) in [5, 5.41) is -0.448. The van der Waals surface area contributed by atoms with Gasteiger partial charge in [-0.3, -0.25) is 0 Å². The summed E-state index contributed by atoms with van der Waals surface area (Å²) < 4.78 is 29.6. The Balaban J connectivity index is 2.46. The van der Waals surface area contributed by atoms with Gasteiger partial charge >= 0.3 is 0 Å². The SMILES string of the molecule is Cc1ccc(N)c(S(=O)(=O)C2CCOC2)c1. The summed E-state index contributed by atoms with van der Waals surface area (Å²) in [7, 11) is -3.34. The fourth-order valence-corrected chi connectivity index (χ4v) is 3.61. The standard InChI is InChI=1S/C11H15NO3S/c1-8-2-3-10(12)11(6-8)16(13,14)9-4-5-15-7-9/h2-3,6,9H,4-5,7,12H2,1H3. The van der Waals surface area contributed by atoms with Crippen LogP contribution in [0.25, 0.3) is 0 Å². The highest BCUT2D eigenvalue weighted by molar-refractivity contribution is 7.92. The highest BCUT2D eigenvalue weighted by Crippen LogP contribution is 2.27. The summed E-state index contributed by atoms with van der Waals surface area (Å²) in [5.41, 5.74) is 6.94. The van der Waals surface area contributed by atoms with E-state index in [1.54, 1.807) is 18.2 Å². The predicted molar refractivity (Wildman–Crippen MR) is 62.0 cm³/mol. The van der Waals surface area contributed by atoms with Crippen LogP contribution < -0.4 is 5.73 Å². The molecule has 0 radical (unpaired) electrons. The van der Waals surface area contributed by atoms with Crippen molar-refractivity contribution in [3.63, 3.8) is 0 Å². The predicted octanol–water partition coefficient (Wildman–Crippen LogP) is 1.14. The molecule has 2 N–H and O–H groups in total. The molecule has 0 saturated carbocycles. The van der Waals surface area contributed by atoms with E-state index >= 15 is 0 Å². The molecule has 16 heavy (non-hydrogen) atoms. The maximum absolute atomic E-state index is 12.2. The summed E-state index contributed by atoms with van der Waals surface area (Å²) >= 11 is 0. The van der Waals surface area contributed by atoms with E-state index in [4.69, 9.17) is 10.5 Å². The van der Waals surface area contributed by atoms with Gasteiger partial charge in [0.15, 0.2) is 9.84 Å². The first-order valence-corrected chi connectivity index (χ1v) is 6.74. The molecular weight excluding hydrogens is 226 g/mol. The number of hydrogen-bond donors (Lipinski definition) is 1. The maximum Gasteiger partial charge on any atom is 0.185 e. The van der Waals surface area contributed by atoms with Gasteiger partial charge in [0, 0.05) is 6.61 Å². The van der Waals surface area contributed by atoms with E-state index in [0.29, 0.717) is 18.7 Å². The normalized spacial score (nSPS) is 21.2. The van der Waals surface area contributed by atoms with Crippen LogP contribution in [0.5, 0.6) is 0 Å². The minimum Gasteiger partial charge on any atom is -0.398 e. The Kier molecular flexibility index (Phi) is 2.90. The van der Waals surface area contributed by atoms with E-state index in [0.717, 1.165) is 5.56 Å². The van der Waals surface area contributed by atoms with Gasteiger partial charge in [-0.05, 0) is 31.0 Å². The van der Waals surface area contributed by atoms with Crippen LogP contribution in [-0.4, -0.2) is 26.9 Å². The number of nitrogens with two attached hydrogens (primary N) is 1. The number of rotatable bonds is 2. The summed E-state index contributed by atoms with van der Waals surface area (Å²) in [4.78, 5) is 0.239. The van der Waals surface area contributed by atoms with Gasteiger partial charge in [-0.25, -0.2) is 8.42 Å². The van der Waals surface area contributed by atoms with Crippen molar-refractivity contribution in [3.8, 4) is 0 Å². The van der Waals surface area contributed by atoms with Crippen LogP contribution in [0.3, 0.4) is 0 Å². The Morgan fingerprint density at radius 3 is 2.81 bits per heavy atom. The highest BCUT2D eigenvalue weighted by atomic mass is 32.2.